The Balaban J connectivity index is 2.13. The third kappa shape index (κ3) is 3.55. The summed E-state index contributed by atoms with van der Waals surface area (Å²) < 4.78 is 0.902. The third-order valence-corrected chi connectivity index (χ3v) is 3.43. The number of likely N-dealkylation sites (N-methyl/N-ethyl adjacent to an activating group) is 1. The first kappa shape index (κ1) is 13.6. The zero-order valence-electron chi connectivity index (χ0n) is 10.6. The second-order valence-corrected chi connectivity index (χ2v) is 4.95. The zero-order valence-corrected chi connectivity index (χ0v) is 12.2. The van der Waals surface area contributed by atoms with Crippen LogP contribution in [0, 0.1) is 0 Å². The van der Waals surface area contributed by atoms with E-state index in [4.69, 9.17) is 0 Å². The van der Waals surface area contributed by atoms with Crippen LogP contribution >= 0.6 is 15.9 Å². The first-order chi connectivity index (χ1) is 9.18. The minimum atomic E-state index is -0.0595. The predicted octanol–water partition coefficient (Wildman–Crippen LogP) is 4.13. The number of rotatable bonds is 3. The van der Waals surface area contributed by atoms with E-state index in [1.54, 1.807) is 18.0 Å². The molecule has 2 rings (SSSR count). The minimum absolute atomic E-state index is 0.0595. The third-order valence-electron chi connectivity index (χ3n) is 2.76. The Morgan fingerprint density at radius 1 is 1.05 bits per heavy atom. The molecule has 1 amide bonds. The van der Waals surface area contributed by atoms with E-state index < -0.39 is 0 Å². The van der Waals surface area contributed by atoms with Crippen molar-refractivity contribution in [1.29, 1.82) is 0 Å². The van der Waals surface area contributed by atoms with Gasteiger partial charge < -0.3 is 4.90 Å². The van der Waals surface area contributed by atoms with Gasteiger partial charge in [-0.05, 0) is 39.7 Å². The van der Waals surface area contributed by atoms with E-state index >= 15 is 0 Å². The average Bonchev–Trinajstić information content (AvgIpc) is 2.45. The van der Waals surface area contributed by atoms with Crippen molar-refractivity contribution in [1.82, 2.24) is 0 Å². The largest absolute Gasteiger partial charge is 0.311 e. The minimum Gasteiger partial charge on any atom is -0.311 e. The van der Waals surface area contributed by atoms with Crippen molar-refractivity contribution in [3.63, 3.8) is 0 Å². The van der Waals surface area contributed by atoms with Gasteiger partial charge in [-0.15, -0.1) is 0 Å². The Kier molecular flexibility index (Phi) is 4.53. The fraction of sp³-hybridized carbons (Fsp3) is 0.0625. The van der Waals surface area contributed by atoms with Gasteiger partial charge in [-0.3, -0.25) is 4.79 Å². The van der Waals surface area contributed by atoms with Gasteiger partial charge >= 0.3 is 0 Å². The molecule has 0 aromatic heterocycles. The van der Waals surface area contributed by atoms with Crippen LogP contribution in [-0.2, 0) is 4.79 Å². The molecule has 3 heteroatoms. The summed E-state index contributed by atoms with van der Waals surface area (Å²) in [4.78, 5) is 13.7. The van der Waals surface area contributed by atoms with Crippen LogP contribution in [0.15, 0.2) is 65.1 Å². The molecule has 0 saturated heterocycles. The van der Waals surface area contributed by atoms with Gasteiger partial charge in [0.05, 0.1) is 5.69 Å². The molecule has 0 unspecified atom stereocenters. The van der Waals surface area contributed by atoms with Crippen LogP contribution in [0.3, 0.4) is 0 Å². The van der Waals surface area contributed by atoms with Gasteiger partial charge in [0.25, 0.3) is 5.91 Å². The Labute approximate surface area is 121 Å². The van der Waals surface area contributed by atoms with E-state index in [-0.39, 0.29) is 5.91 Å². The second-order valence-electron chi connectivity index (χ2n) is 4.09. The zero-order chi connectivity index (χ0) is 13.7. The number of para-hydroxylation sites is 1. The number of carbonyl (C=O) groups is 1. The van der Waals surface area contributed by atoms with E-state index in [0.29, 0.717) is 0 Å². The molecule has 2 aromatic carbocycles. The summed E-state index contributed by atoms with van der Waals surface area (Å²) >= 11 is 3.44. The van der Waals surface area contributed by atoms with Crippen LogP contribution in [0.4, 0.5) is 5.69 Å². The summed E-state index contributed by atoms with van der Waals surface area (Å²) in [6.07, 6.45) is 3.39. The molecule has 0 atom stereocenters. The fourth-order valence-electron chi connectivity index (χ4n) is 1.69. The molecule has 0 aliphatic heterocycles. The van der Waals surface area contributed by atoms with Crippen LogP contribution in [0.5, 0.6) is 0 Å². The fourth-order valence-corrected chi connectivity index (χ4v) is 2.24. The number of nitrogens with zero attached hydrogens (tertiary/aromatic N) is 1. The number of carbonyl (C=O) groups excluding carboxylic acids is 1. The number of anilines is 1. The molecular weight excluding hydrogens is 302 g/mol. The van der Waals surface area contributed by atoms with Crippen molar-refractivity contribution < 1.29 is 4.79 Å². The summed E-state index contributed by atoms with van der Waals surface area (Å²) in [6, 6.07) is 17.4. The Morgan fingerprint density at radius 3 is 2.37 bits per heavy atom. The molecule has 0 spiro atoms. The van der Waals surface area contributed by atoms with Crippen LogP contribution < -0.4 is 4.90 Å². The predicted molar refractivity (Wildman–Crippen MR) is 83.0 cm³/mol. The smallest absolute Gasteiger partial charge is 0.250 e. The van der Waals surface area contributed by atoms with E-state index in [9.17, 15) is 4.79 Å². The van der Waals surface area contributed by atoms with Crippen LogP contribution in [0.2, 0.25) is 0 Å². The van der Waals surface area contributed by atoms with E-state index in [0.717, 1.165) is 15.7 Å². The Hall–Kier alpha value is -1.87. The molecule has 0 saturated carbocycles. The number of amides is 1. The Morgan fingerprint density at radius 2 is 1.68 bits per heavy atom. The molecule has 0 aliphatic rings. The molecule has 96 valence electrons. The molecule has 0 N–H and O–H groups in total. The summed E-state index contributed by atoms with van der Waals surface area (Å²) in [7, 11) is 1.76. The Bertz CT molecular complexity index is 593. The van der Waals surface area contributed by atoms with E-state index in [2.05, 4.69) is 15.9 Å². The van der Waals surface area contributed by atoms with Crippen LogP contribution in [0.25, 0.3) is 6.08 Å². The van der Waals surface area contributed by atoms with Crippen molar-refractivity contribution in [2.75, 3.05) is 11.9 Å². The highest BCUT2D eigenvalue weighted by Crippen LogP contribution is 2.24. The van der Waals surface area contributed by atoms with E-state index in [1.165, 1.54) is 0 Å². The van der Waals surface area contributed by atoms with Crippen molar-refractivity contribution in [3.05, 3.63) is 70.7 Å². The van der Waals surface area contributed by atoms with Gasteiger partial charge in [0.2, 0.25) is 0 Å². The quantitative estimate of drug-likeness (QED) is 0.780. The monoisotopic (exact) mass is 315 g/mol. The molecule has 19 heavy (non-hydrogen) atoms. The molecule has 0 fully saturated rings. The summed E-state index contributed by atoms with van der Waals surface area (Å²) in [5.74, 6) is -0.0595. The number of hydrogen-bond acceptors (Lipinski definition) is 1. The van der Waals surface area contributed by atoms with Crippen LogP contribution in [-0.4, -0.2) is 13.0 Å². The molecule has 2 aromatic rings. The second kappa shape index (κ2) is 6.34. The average molecular weight is 316 g/mol. The molecule has 0 bridgehead atoms. The summed E-state index contributed by atoms with van der Waals surface area (Å²) in [5, 5.41) is 0. The lowest BCUT2D eigenvalue weighted by molar-refractivity contribution is -0.113. The van der Waals surface area contributed by atoms with Crippen molar-refractivity contribution in [3.8, 4) is 0 Å². The van der Waals surface area contributed by atoms with Crippen molar-refractivity contribution in [2.24, 2.45) is 0 Å². The summed E-state index contributed by atoms with van der Waals surface area (Å²) in [6.45, 7) is 0. The van der Waals surface area contributed by atoms with Gasteiger partial charge in [-0.2, -0.15) is 0 Å². The maximum absolute atomic E-state index is 12.1. The molecule has 0 radical (unpaired) electrons. The topological polar surface area (TPSA) is 20.3 Å². The molecular formula is C16H14BrNO. The number of benzene rings is 2. The first-order valence-corrected chi connectivity index (χ1v) is 6.73. The van der Waals surface area contributed by atoms with E-state index in [1.807, 2.05) is 60.7 Å². The molecule has 0 heterocycles. The van der Waals surface area contributed by atoms with Gasteiger partial charge in [0, 0.05) is 17.6 Å². The highest BCUT2D eigenvalue weighted by molar-refractivity contribution is 9.10. The van der Waals surface area contributed by atoms with Gasteiger partial charge in [-0.1, -0.05) is 42.5 Å². The molecule has 0 aliphatic carbocycles. The number of halogens is 1. The maximum Gasteiger partial charge on any atom is 0.250 e. The maximum atomic E-state index is 12.1. The normalized spacial score (nSPS) is 10.6. The van der Waals surface area contributed by atoms with Crippen molar-refractivity contribution >= 4 is 33.6 Å². The van der Waals surface area contributed by atoms with Crippen LogP contribution in [0.1, 0.15) is 5.56 Å². The van der Waals surface area contributed by atoms with Gasteiger partial charge in [0.15, 0.2) is 0 Å². The lowest BCUT2D eigenvalue weighted by Gasteiger charge is -2.16. The van der Waals surface area contributed by atoms with Gasteiger partial charge in [-0.25, -0.2) is 0 Å². The van der Waals surface area contributed by atoms with Gasteiger partial charge in [0.1, 0.15) is 0 Å². The van der Waals surface area contributed by atoms with Crippen molar-refractivity contribution in [2.45, 2.75) is 0 Å². The first-order valence-electron chi connectivity index (χ1n) is 5.94. The number of hydrogen-bond donors (Lipinski definition) is 0. The SMILES string of the molecule is CN(C(=O)/C=C/c1ccccc1)c1ccccc1Br. The molecule has 2 nitrogen and oxygen atoms in total. The lowest BCUT2D eigenvalue weighted by atomic mass is 10.2. The highest BCUT2D eigenvalue weighted by atomic mass is 79.9. The standard InChI is InChI=1S/C16H14BrNO/c1-18(15-10-6-5-9-14(15)17)16(19)12-11-13-7-3-2-4-8-13/h2-12H,1H3/b12-11+. The summed E-state index contributed by atoms with van der Waals surface area (Å²) in [5.41, 5.74) is 1.86. The highest BCUT2D eigenvalue weighted by Gasteiger charge is 2.09. The lowest BCUT2D eigenvalue weighted by Crippen LogP contribution is -2.24.